The van der Waals surface area contributed by atoms with Gasteiger partial charge in [0, 0.05) is 11.4 Å². The highest BCUT2D eigenvalue weighted by Crippen LogP contribution is 2.11. The van der Waals surface area contributed by atoms with Crippen LogP contribution in [0.2, 0.25) is 5.02 Å². The molecule has 20 heavy (non-hydrogen) atoms. The second-order valence-electron chi connectivity index (χ2n) is 4.86. The van der Waals surface area contributed by atoms with Gasteiger partial charge in [0.2, 0.25) is 0 Å². The topological polar surface area (TPSA) is 75.6 Å². The van der Waals surface area contributed by atoms with Crippen LogP contribution in [0.1, 0.15) is 19.4 Å². The zero-order valence-electron chi connectivity index (χ0n) is 11.4. The highest BCUT2D eigenvalue weighted by Gasteiger charge is 2.21. The molecule has 0 aliphatic rings. The van der Waals surface area contributed by atoms with Gasteiger partial charge < -0.3 is 15.2 Å². The van der Waals surface area contributed by atoms with Crippen molar-refractivity contribution in [2.45, 2.75) is 26.3 Å². The van der Waals surface area contributed by atoms with Gasteiger partial charge >= 0.3 is 12.1 Å². The summed E-state index contributed by atoms with van der Waals surface area (Å²) in [6, 6.07) is 5.76. The summed E-state index contributed by atoms with van der Waals surface area (Å²) in [5.41, 5.74) is 0.769. The van der Waals surface area contributed by atoms with E-state index in [4.69, 9.17) is 21.4 Å². The standard InChI is InChI=1S/C14H18ClNO4/c1-9(2)8-20-14(19)16-12(13(17)18)7-10-3-5-11(15)6-4-10/h3-6,9,12H,7-8H2,1-2H3,(H,16,19)(H,17,18)/t12-/m0/s1. The lowest BCUT2D eigenvalue weighted by Crippen LogP contribution is -2.42. The Kier molecular flexibility index (Phi) is 6.31. The summed E-state index contributed by atoms with van der Waals surface area (Å²) < 4.78 is 4.91. The van der Waals surface area contributed by atoms with Gasteiger partial charge in [0.25, 0.3) is 0 Å². The van der Waals surface area contributed by atoms with E-state index in [0.717, 1.165) is 5.56 Å². The first-order chi connectivity index (χ1) is 9.38. The molecule has 110 valence electrons. The van der Waals surface area contributed by atoms with Crippen LogP contribution in [-0.4, -0.2) is 29.8 Å². The van der Waals surface area contributed by atoms with Crippen LogP contribution in [0.4, 0.5) is 4.79 Å². The third-order valence-corrected chi connectivity index (χ3v) is 2.74. The molecule has 1 rings (SSSR count). The molecular formula is C14H18ClNO4. The van der Waals surface area contributed by atoms with Crippen LogP contribution in [0.15, 0.2) is 24.3 Å². The molecule has 0 spiro atoms. The Labute approximate surface area is 122 Å². The van der Waals surface area contributed by atoms with E-state index in [1.54, 1.807) is 24.3 Å². The van der Waals surface area contributed by atoms with E-state index in [-0.39, 0.29) is 18.9 Å². The number of carboxylic acid groups (broad SMARTS) is 1. The maximum atomic E-state index is 11.5. The zero-order chi connectivity index (χ0) is 15.1. The number of carbonyl (C=O) groups excluding carboxylic acids is 1. The van der Waals surface area contributed by atoms with Crippen LogP contribution in [0.25, 0.3) is 0 Å². The first kappa shape index (κ1) is 16.3. The largest absolute Gasteiger partial charge is 0.480 e. The minimum Gasteiger partial charge on any atom is -0.480 e. The van der Waals surface area contributed by atoms with Crippen molar-refractivity contribution in [1.82, 2.24) is 5.32 Å². The van der Waals surface area contributed by atoms with Crippen LogP contribution >= 0.6 is 11.6 Å². The Hall–Kier alpha value is -1.75. The van der Waals surface area contributed by atoms with Crippen molar-refractivity contribution in [3.05, 3.63) is 34.9 Å². The molecule has 0 aliphatic carbocycles. The summed E-state index contributed by atoms with van der Waals surface area (Å²) in [7, 11) is 0. The van der Waals surface area contributed by atoms with Crippen LogP contribution in [0.3, 0.4) is 0 Å². The minimum absolute atomic E-state index is 0.170. The molecular weight excluding hydrogens is 282 g/mol. The number of benzene rings is 1. The summed E-state index contributed by atoms with van der Waals surface area (Å²) in [4.78, 5) is 22.6. The molecule has 1 aromatic carbocycles. The highest BCUT2D eigenvalue weighted by molar-refractivity contribution is 6.30. The average Bonchev–Trinajstić information content (AvgIpc) is 2.38. The van der Waals surface area contributed by atoms with Gasteiger partial charge in [-0.15, -0.1) is 0 Å². The molecule has 0 bridgehead atoms. The van der Waals surface area contributed by atoms with Crippen LogP contribution in [0, 0.1) is 5.92 Å². The number of alkyl carbamates (subject to hydrolysis) is 1. The van der Waals surface area contributed by atoms with E-state index in [2.05, 4.69) is 5.32 Å². The number of hydrogen-bond donors (Lipinski definition) is 2. The van der Waals surface area contributed by atoms with Gasteiger partial charge in [0.1, 0.15) is 6.04 Å². The normalized spacial score (nSPS) is 12.0. The van der Waals surface area contributed by atoms with E-state index < -0.39 is 18.1 Å². The summed E-state index contributed by atoms with van der Waals surface area (Å²) >= 11 is 5.76. The molecule has 0 radical (unpaired) electrons. The number of hydrogen-bond acceptors (Lipinski definition) is 3. The second-order valence-corrected chi connectivity index (χ2v) is 5.29. The number of halogens is 1. The molecule has 0 saturated heterocycles. The van der Waals surface area contributed by atoms with Crippen molar-refractivity contribution in [3.63, 3.8) is 0 Å². The summed E-state index contributed by atoms with van der Waals surface area (Å²) in [5.74, 6) is -0.915. The van der Waals surface area contributed by atoms with Gasteiger partial charge in [-0.25, -0.2) is 9.59 Å². The van der Waals surface area contributed by atoms with Gasteiger partial charge in [0.05, 0.1) is 6.61 Å². The molecule has 0 aromatic heterocycles. The fourth-order valence-corrected chi connectivity index (χ4v) is 1.61. The number of carboxylic acids is 1. The average molecular weight is 300 g/mol. The molecule has 6 heteroatoms. The summed E-state index contributed by atoms with van der Waals surface area (Å²) in [6.07, 6.45) is -0.552. The lowest BCUT2D eigenvalue weighted by atomic mass is 10.1. The molecule has 0 fully saturated rings. The fourth-order valence-electron chi connectivity index (χ4n) is 1.48. The first-order valence-corrected chi connectivity index (χ1v) is 6.67. The molecule has 0 heterocycles. The number of ether oxygens (including phenoxy) is 1. The number of carbonyl (C=O) groups is 2. The molecule has 0 saturated carbocycles. The second kappa shape index (κ2) is 7.75. The fraction of sp³-hybridized carbons (Fsp3) is 0.429. The van der Waals surface area contributed by atoms with Gasteiger partial charge in [0.15, 0.2) is 0 Å². The molecule has 5 nitrogen and oxygen atoms in total. The predicted octanol–water partition coefficient (Wildman–Crippen LogP) is 2.72. The lowest BCUT2D eigenvalue weighted by molar-refractivity contribution is -0.139. The van der Waals surface area contributed by atoms with E-state index in [1.807, 2.05) is 13.8 Å². The molecule has 1 aromatic rings. The number of amides is 1. The zero-order valence-corrected chi connectivity index (χ0v) is 12.2. The molecule has 0 unspecified atom stereocenters. The maximum absolute atomic E-state index is 11.5. The van der Waals surface area contributed by atoms with Gasteiger partial charge in [-0.3, -0.25) is 0 Å². The Morgan fingerprint density at radius 3 is 2.40 bits per heavy atom. The van der Waals surface area contributed by atoms with Gasteiger partial charge in [-0.05, 0) is 23.6 Å². The van der Waals surface area contributed by atoms with Gasteiger partial charge in [-0.1, -0.05) is 37.6 Å². The number of rotatable bonds is 6. The minimum atomic E-state index is -1.11. The van der Waals surface area contributed by atoms with E-state index in [1.165, 1.54) is 0 Å². The van der Waals surface area contributed by atoms with Crippen molar-refractivity contribution in [2.75, 3.05) is 6.61 Å². The quantitative estimate of drug-likeness (QED) is 0.847. The van der Waals surface area contributed by atoms with Crippen molar-refractivity contribution in [1.29, 1.82) is 0 Å². The van der Waals surface area contributed by atoms with Crippen molar-refractivity contribution in [3.8, 4) is 0 Å². The van der Waals surface area contributed by atoms with E-state index in [9.17, 15) is 9.59 Å². The Bertz CT molecular complexity index is 459. The summed E-state index contributed by atoms with van der Waals surface area (Å²) in [6.45, 7) is 4.05. The van der Waals surface area contributed by atoms with Crippen molar-refractivity contribution < 1.29 is 19.4 Å². The SMILES string of the molecule is CC(C)COC(=O)N[C@@H](Cc1ccc(Cl)cc1)C(=O)O. The predicted molar refractivity (Wildman–Crippen MR) is 75.9 cm³/mol. The van der Waals surface area contributed by atoms with Crippen molar-refractivity contribution >= 4 is 23.7 Å². The van der Waals surface area contributed by atoms with Gasteiger partial charge in [-0.2, -0.15) is 0 Å². The van der Waals surface area contributed by atoms with E-state index >= 15 is 0 Å². The third kappa shape index (κ3) is 5.93. The molecule has 0 aliphatic heterocycles. The smallest absolute Gasteiger partial charge is 0.407 e. The Balaban J connectivity index is 2.58. The van der Waals surface area contributed by atoms with Crippen molar-refractivity contribution in [2.24, 2.45) is 5.92 Å². The molecule has 2 N–H and O–H groups in total. The van der Waals surface area contributed by atoms with Crippen LogP contribution in [0.5, 0.6) is 0 Å². The third-order valence-electron chi connectivity index (χ3n) is 2.49. The Morgan fingerprint density at radius 1 is 1.30 bits per heavy atom. The van der Waals surface area contributed by atoms with Crippen LogP contribution in [-0.2, 0) is 16.0 Å². The van der Waals surface area contributed by atoms with Crippen LogP contribution < -0.4 is 5.32 Å². The number of nitrogens with one attached hydrogen (secondary N) is 1. The maximum Gasteiger partial charge on any atom is 0.407 e. The molecule has 1 amide bonds. The number of aliphatic carboxylic acids is 1. The Morgan fingerprint density at radius 2 is 1.90 bits per heavy atom. The monoisotopic (exact) mass is 299 g/mol. The van der Waals surface area contributed by atoms with E-state index in [0.29, 0.717) is 5.02 Å². The summed E-state index contributed by atoms with van der Waals surface area (Å²) in [5, 5.41) is 12.0. The first-order valence-electron chi connectivity index (χ1n) is 6.29. The molecule has 1 atom stereocenters. The lowest BCUT2D eigenvalue weighted by Gasteiger charge is -2.15. The highest BCUT2D eigenvalue weighted by atomic mass is 35.5.